The molecule has 92 valence electrons. The lowest BCUT2D eigenvalue weighted by molar-refractivity contribution is 0.508. The molecule has 0 saturated heterocycles. The maximum Gasteiger partial charge on any atom is 0.308 e. The van der Waals surface area contributed by atoms with Gasteiger partial charge in [-0.25, -0.2) is 8.96 Å². The SMILES string of the molecule is CN(C)S(=O)(=O)n1cncc1CCCCN. The van der Waals surface area contributed by atoms with Crippen molar-refractivity contribution in [2.75, 3.05) is 20.6 Å². The number of aromatic nitrogens is 2. The molecule has 16 heavy (non-hydrogen) atoms. The number of unbranched alkanes of at least 4 members (excludes halogenated alkanes) is 1. The predicted molar refractivity (Wildman–Crippen MR) is 62.2 cm³/mol. The third-order valence-electron chi connectivity index (χ3n) is 2.28. The minimum absolute atomic E-state index is 0.620. The van der Waals surface area contributed by atoms with Gasteiger partial charge >= 0.3 is 10.2 Å². The second-order valence-corrected chi connectivity index (χ2v) is 5.74. The van der Waals surface area contributed by atoms with Crippen molar-refractivity contribution in [3.63, 3.8) is 0 Å². The average molecular weight is 246 g/mol. The Hall–Kier alpha value is -0.920. The van der Waals surface area contributed by atoms with Crippen LogP contribution < -0.4 is 5.73 Å². The fourth-order valence-electron chi connectivity index (χ4n) is 1.32. The quantitative estimate of drug-likeness (QED) is 0.706. The van der Waals surface area contributed by atoms with E-state index in [-0.39, 0.29) is 0 Å². The van der Waals surface area contributed by atoms with Gasteiger partial charge in [0.25, 0.3) is 0 Å². The summed E-state index contributed by atoms with van der Waals surface area (Å²) < 4.78 is 26.1. The van der Waals surface area contributed by atoms with Gasteiger partial charge in [0.15, 0.2) is 0 Å². The minimum Gasteiger partial charge on any atom is -0.330 e. The molecule has 0 radical (unpaired) electrons. The van der Waals surface area contributed by atoms with Crippen LogP contribution in [0, 0.1) is 0 Å². The predicted octanol–water partition coefficient (Wildman–Crippen LogP) is -0.181. The summed E-state index contributed by atoms with van der Waals surface area (Å²) in [5.74, 6) is 0. The van der Waals surface area contributed by atoms with Crippen LogP contribution in [-0.4, -0.2) is 42.3 Å². The van der Waals surface area contributed by atoms with Crippen LogP contribution in [0.2, 0.25) is 0 Å². The maximum atomic E-state index is 11.9. The zero-order valence-electron chi connectivity index (χ0n) is 9.63. The topological polar surface area (TPSA) is 81.2 Å². The Morgan fingerprint density at radius 1 is 1.44 bits per heavy atom. The van der Waals surface area contributed by atoms with Crippen LogP contribution in [0.4, 0.5) is 0 Å². The molecule has 0 spiro atoms. The first-order valence-corrected chi connectivity index (χ1v) is 6.54. The molecule has 0 fully saturated rings. The highest BCUT2D eigenvalue weighted by atomic mass is 32.2. The lowest BCUT2D eigenvalue weighted by Crippen LogP contribution is -2.29. The monoisotopic (exact) mass is 246 g/mol. The van der Waals surface area contributed by atoms with E-state index in [2.05, 4.69) is 4.98 Å². The van der Waals surface area contributed by atoms with E-state index in [0.29, 0.717) is 18.7 Å². The molecule has 1 aromatic heterocycles. The maximum absolute atomic E-state index is 11.9. The second kappa shape index (κ2) is 5.42. The fraction of sp³-hybridized carbons (Fsp3) is 0.667. The molecular formula is C9H18N4O2S. The van der Waals surface area contributed by atoms with Gasteiger partial charge in [0, 0.05) is 20.3 Å². The number of imidazole rings is 1. The van der Waals surface area contributed by atoms with Crippen LogP contribution in [0.15, 0.2) is 12.5 Å². The van der Waals surface area contributed by atoms with Crippen molar-refractivity contribution in [2.24, 2.45) is 5.73 Å². The summed E-state index contributed by atoms with van der Waals surface area (Å²) in [4.78, 5) is 3.88. The van der Waals surface area contributed by atoms with Gasteiger partial charge in [0.05, 0.1) is 5.69 Å². The molecule has 1 rings (SSSR count). The van der Waals surface area contributed by atoms with Gasteiger partial charge in [-0.1, -0.05) is 0 Å². The van der Waals surface area contributed by atoms with E-state index in [9.17, 15) is 8.42 Å². The van der Waals surface area contributed by atoms with Crippen molar-refractivity contribution < 1.29 is 8.42 Å². The van der Waals surface area contributed by atoms with Crippen LogP contribution in [0.3, 0.4) is 0 Å². The summed E-state index contributed by atoms with van der Waals surface area (Å²) in [5, 5.41) is 0. The Morgan fingerprint density at radius 2 is 2.12 bits per heavy atom. The van der Waals surface area contributed by atoms with Crippen LogP contribution in [-0.2, 0) is 16.6 Å². The van der Waals surface area contributed by atoms with Crippen LogP contribution in [0.25, 0.3) is 0 Å². The molecule has 1 heterocycles. The Labute approximate surface area is 96.3 Å². The summed E-state index contributed by atoms with van der Waals surface area (Å²) in [6.45, 7) is 0.620. The van der Waals surface area contributed by atoms with E-state index in [1.165, 1.54) is 28.7 Å². The molecule has 7 heteroatoms. The van der Waals surface area contributed by atoms with Gasteiger partial charge in [0.1, 0.15) is 6.33 Å². The number of aryl methyl sites for hydroxylation is 1. The van der Waals surface area contributed by atoms with Crippen LogP contribution in [0.5, 0.6) is 0 Å². The van der Waals surface area contributed by atoms with E-state index >= 15 is 0 Å². The number of rotatable bonds is 6. The molecule has 1 aromatic rings. The van der Waals surface area contributed by atoms with Crippen molar-refractivity contribution in [3.8, 4) is 0 Å². The van der Waals surface area contributed by atoms with Gasteiger partial charge < -0.3 is 5.73 Å². The Bertz CT molecular complexity index is 424. The van der Waals surface area contributed by atoms with Crippen molar-refractivity contribution in [3.05, 3.63) is 18.2 Å². The highest BCUT2D eigenvalue weighted by Gasteiger charge is 2.18. The lowest BCUT2D eigenvalue weighted by atomic mass is 10.2. The summed E-state index contributed by atoms with van der Waals surface area (Å²) in [6.07, 6.45) is 5.33. The van der Waals surface area contributed by atoms with Crippen LogP contribution >= 0.6 is 0 Å². The molecular weight excluding hydrogens is 228 g/mol. The molecule has 0 aliphatic carbocycles. The highest BCUT2D eigenvalue weighted by molar-refractivity contribution is 7.87. The first-order valence-electron chi connectivity index (χ1n) is 5.14. The van der Waals surface area contributed by atoms with E-state index in [1.54, 1.807) is 6.20 Å². The largest absolute Gasteiger partial charge is 0.330 e. The third-order valence-corrected chi connectivity index (χ3v) is 4.02. The van der Waals surface area contributed by atoms with Gasteiger partial charge in [-0.05, 0) is 25.8 Å². The van der Waals surface area contributed by atoms with Crippen molar-refractivity contribution in [1.82, 2.24) is 13.3 Å². The second-order valence-electron chi connectivity index (χ2n) is 3.72. The molecule has 0 aliphatic heterocycles. The number of nitrogens with zero attached hydrogens (tertiary/aromatic N) is 3. The molecule has 0 aromatic carbocycles. The molecule has 0 atom stereocenters. The van der Waals surface area contributed by atoms with Crippen molar-refractivity contribution in [2.45, 2.75) is 19.3 Å². The Kier molecular flexibility index (Phi) is 4.45. The smallest absolute Gasteiger partial charge is 0.308 e. The average Bonchev–Trinajstić information content (AvgIpc) is 2.66. The minimum atomic E-state index is -3.45. The Balaban J connectivity index is 2.86. The summed E-state index contributed by atoms with van der Waals surface area (Å²) >= 11 is 0. The molecule has 0 aliphatic rings. The molecule has 6 nitrogen and oxygen atoms in total. The third kappa shape index (κ3) is 2.81. The Morgan fingerprint density at radius 3 is 2.69 bits per heavy atom. The highest BCUT2D eigenvalue weighted by Crippen LogP contribution is 2.09. The molecule has 2 N–H and O–H groups in total. The number of hydrogen-bond acceptors (Lipinski definition) is 4. The first-order chi connectivity index (χ1) is 7.50. The molecule has 0 amide bonds. The van der Waals surface area contributed by atoms with E-state index < -0.39 is 10.2 Å². The van der Waals surface area contributed by atoms with Crippen LogP contribution in [0.1, 0.15) is 18.5 Å². The zero-order valence-corrected chi connectivity index (χ0v) is 10.4. The number of hydrogen-bond donors (Lipinski definition) is 1. The van der Waals surface area contributed by atoms with Gasteiger partial charge in [-0.15, -0.1) is 0 Å². The van der Waals surface area contributed by atoms with Crippen molar-refractivity contribution in [1.29, 1.82) is 0 Å². The van der Waals surface area contributed by atoms with Gasteiger partial charge in [0.2, 0.25) is 0 Å². The first kappa shape index (κ1) is 13.1. The lowest BCUT2D eigenvalue weighted by Gasteiger charge is -2.14. The zero-order chi connectivity index (χ0) is 12.2. The fourth-order valence-corrected chi connectivity index (χ4v) is 2.28. The summed E-state index contributed by atoms with van der Waals surface area (Å²) in [5.41, 5.74) is 6.09. The van der Waals surface area contributed by atoms with Crippen molar-refractivity contribution >= 4 is 10.2 Å². The molecule has 0 unspecified atom stereocenters. The van der Waals surface area contributed by atoms with E-state index in [1.807, 2.05) is 0 Å². The standard InChI is InChI=1S/C9H18N4O2S/c1-12(2)16(14,15)13-8-11-7-9(13)5-3-4-6-10/h7-8H,3-6,10H2,1-2H3. The molecule has 0 bridgehead atoms. The summed E-state index contributed by atoms with van der Waals surface area (Å²) in [6, 6.07) is 0. The van der Waals surface area contributed by atoms with E-state index in [4.69, 9.17) is 5.73 Å². The normalized spacial score (nSPS) is 12.2. The van der Waals surface area contributed by atoms with E-state index in [0.717, 1.165) is 12.8 Å². The van der Waals surface area contributed by atoms with Gasteiger partial charge in [-0.3, -0.25) is 0 Å². The van der Waals surface area contributed by atoms with Gasteiger partial charge in [-0.2, -0.15) is 12.7 Å². The summed E-state index contributed by atoms with van der Waals surface area (Å²) in [7, 11) is -0.447. The molecule has 0 saturated carbocycles. The number of nitrogens with two attached hydrogens (primary N) is 1.